The van der Waals surface area contributed by atoms with Crippen LogP contribution in [0.15, 0.2) is 84.1 Å². The highest BCUT2D eigenvalue weighted by Gasteiger charge is 2.20. The van der Waals surface area contributed by atoms with Crippen LogP contribution in [0.5, 0.6) is 5.75 Å². The third-order valence-corrected chi connectivity index (χ3v) is 6.39. The number of fused-ring (bicyclic) bond motifs is 1. The molecule has 0 aliphatic rings. The molecule has 0 bridgehead atoms. The number of hydrogen-bond acceptors (Lipinski definition) is 5. The molecule has 9 heteroatoms. The molecule has 0 atom stereocenters. The third kappa shape index (κ3) is 4.81. The summed E-state index contributed by atoms with van der Waals surface area (Å²) in [7, 11) is 0. The van der Waals surface area contributed by atoms with Gasteiger partial charge < -0.3 is 9.72 Å². The van der Waals surface area contributed by atoms with Crippen molar-refractivity contribution in [3.05, 3.63) is 90.1 Å². The number of hydrogen-bond donors (Lipinski definition) is 1. The van der Waals surface area contributed by atoms with Crippen molar-refractivity contribution in [3.8, 4) is 22.8 Å². The van der Waals surface area contributed by atoms with Crippen molar-refractivity contribution in [2.75, 3.05) is 5.75 Å². The number of benzene rings is 3. The van der Waals surface area contributed by atoms with Crippen LogP contribution < -0.4 is 4.74 Å². The van der Waals surface area contributed by atoms with Crippen LogP contribution >= 0.6 is 11.8 Å². The first-order valence-electron chi connectivity index (χ1n) is 10.8. The number of nitrogens with one attached hydrogen (secondary N) is 1. The Hall–Kier alpha value is -3.98. The van der Waals surface area contributed by atoms with E-state index in [2.05, 4.69) is 19.9 Å². The van der Waals surface area contributed by atoms with E-state index in [0.717, 1.165) is 27.7 Å². The lowest BCUT2D eigenvalue weighted by Gasteiger charge is -2.11. The Labute approximate surface area is 204 Å². The monoisotopic (exact) mass is 490 g/mol. The normalized spacial score (nSPS) is 11.3. The standard InChI is InChI=1S/C26H20F2N4O2S/c1-16-5-4-6-18(13-16)32-24(21-14-29-22-8-3-2-7-20(21)22)30-31-26(32)35-15-23(33)17-9-11-19(12-10-17)34-25(27)28/h2-14,25,29H,15H2,1H3. The van der Waals surface area contributed by atoms with E-state index in [9.17, 15) is 13.6 Å². The van der Waals surface area contributed by atoms with Crippen molar-refractivity contribution < 1.29 is 18.3 Å². The summed E-state index contributed by atoms with van der Waals surface area (Å²) >= 11 is 1.27. The van der Waals surface area contributed by atoms with Gasteiger partial charge in [0, 0.05) is 33.9 Å². The summed E-state index contributed by atoms with van der Waals surface area (Å²) in [6.45, 7) is -0.900. The number of ketones is 1. The van der Waals surface area contributed by atoms with Crippen LogP contribution in [0, 0.1) is 6.92 Å². The van der Waals surface area contributed by atoms with Crippen LogP contribution in [-0.2, 0) is 0 Å². The smallest absolute Gasteiger partial charge is 0.387 e. The van der Waals surface area contributed by atoms with E-state index < -0.39 is 6.61 Å². The number of aromatic nitrogens is 4. The Balaban J connectivity index is 1.46. The first kappa shape index (κ1) is 22.8. The Morgan fingerprint density at radius 3 is 2.63 bits per heavy atom. The van der Waals surface area contributed by atoms with Crippen LogP contribution in [0.3, 0.4) is 0 Å². The second-order valence-electron chi connectivity index (χ2n) is 7.84. The highest BCUT2D eigenvalue weighted by Crippen LogP contribution is 2.33. The van der Waals surface area contributed by atoms with Gasteiger partial charge in [-0.3, -0.25) is 9.36 Å². The van der Waals surface area contributed by atoms with Gasteiger partial charge in [-0.05, 0) is 55.0 Å². The summed E-state index contributed by atoms with van der Waals surface area (Å²) in [5.74, 6) is 0.613. The fourth-order valence-electron chi connectivity index (χ4n) is 3.83. The van der Waals surface area contributed by atoms with Gasteiger partial charge in [-0.1, -0.05) is 42.1 Å². The summed E-state index contributed by atoms with van der Waals surface area (Å²) in [6, 6.07) is 21.6. The quantitative estimate of drug-likeness (QED) is 0.204. The minimum absolute atomic E-state index is 0.00626. The minimum atomic E-state index is -2.91. The van der Waals surface area contributed by atoms with E-state index in [1.165, 1.54) is 36.0 Å². The SMILES string of the molecule is Cc1cccc(-n2c(SCC(=O)c3ccc(OC(F)F)cc3)nnc2-c2c[nH]c3ccccc23)c1. The van der Waals surface area contributed by atoms with Crippen molar-refractivity contribution in [1.29, 1.82) is 0 Å². The number of halogens is 2. The fraction of sp³-hybridized carbons (Fsp3) is 0.115. The molecule has 35 heavy (non-hydrogen) atoms. The lowest BCUT2D eigenvalue weighted by molar-refractivity contribution is -0.0498. The second-order valence-corrected chi connectivity index (χ2v) is 8.79. The third-order valence-electron chi connectivity index (χ3n) is 5.46. The molecule has 2 heterocycles. The number of para-hydroxylation sites is 1. The van der Waals surface area contributed by atoms with Gasteiger partial charge >= 0.3 is 6.61 Å². The van der Waals surface area contributed by atoms with E-state index in [1.54, 1.807) is 0 Å². The molecule has 1 N–H and O–H groups in total. The van der Waals surface area contributed by atoms with Crippen LogP contribution in [0.1, 0.15) is 15.9 Å². The molecule has 176 valence electrons. The van der Waals surface area contributed by atoms with Gasteiger partial charge in [0.05, 0.1) is 5.75 Å². The molecule has 0 saturated heterocycles. The molecule has 0 fully saturated rings. The highest BCUT2D eigenvalue weighted by atomic mass is 32.2. The number of aryl methyl sites for hydroxylation is 1. The van der Waals surface area contributed by atoms with Crippen LogP contribution in [0.4, 0.5) is 8.78 Å². The van der Waals surface area contributed by atoms with Crippen LogP contribution in [-0.4, -0.2) is 37.9 Å². The van der Waals surface area contributed by atoms with E-state index >= 15 is 0 Å². The van der Waals surface area contributed by atoms with Gasteiger partial charge in [0.1, 0.15) is 5.75 Å². The van der Waals surface area contributed by atoms with Gasteiger partial charge in [-0.25, -0.2) is 0 Å². The molecule has 6 nitrogen and oxygen atoms in total. The van der Waals surface area contributed by atoms with Crippen molar-refractivity contribution in [3.63, 3.8) is 0 Å². The van der Waals surface area contributed by atoms with Crippen LogP contribution in [0.2, 0.25) is 0 Å². The van der Waals surface area contributed by atoms with E-state index in [4.69, 9.17) is 0 Å². The summed E-state index contributed by atoms with van der Waals surface area (Å²) in [5.41, 5.74) is 4.27. The highest BCUT2D eigenvalue weighted by molar-refractivity contribution is 7.99. The molecule has 0 radical (unpaired) electrons. The summed E-state index contributed by atoms with van der Waals surface area (Å²) in [5, 5.41) is 10.5. The molecule has 0 aliphatic carbocycles. The van der Waals surface area contributed by atoms with Crippen molar-refractivity contribution in [2.24, 2.45) is 0 Å². The maximum atomic E-state index is 12.8. The molecule has 0 aliphatic heterocycles. The maximum Gasteiger partial charge on any atom is 0.387 e. The zero-order chi connectivity index (χ0) is 24.4. The average Bonchev–Trinajstić information content (AvgIpc) is 3.46. The summed E-state index contributed by atoms with van der Waals surface area (Å²) in [4.78, 5) is 16.1. The first-order valence-corrected chi connectivity index (χ1v) is 11.8. The number of Topliss-reactive ketones (excluding diaryl/α,β-unsaturated/α-hetero) is 1. The Morgan fingerprint density at radius 1 is 1.06 bits per heavy atom. The molecule has 5 aromatic rings. The predicted octanol–water partition coefficient (Wildman–Crippen LogP) is 6.30. The number of alkyl halides is 2. The zero-order valence-electron chi connectivity index (χ0n) is 18.6. The summed E-state index contributed by atoms with van der Waals surface area (Å²) in [6.07, 6.45) is 1.91. The number of carbonyl (C=O) groups excluding carboxylic acids is 1. The molecule has 2 aromatic heterocycles. The van der Waals surface area contributed by atoms with Gasteiger partial charge in [-0.2, -0.15) is 8.78 Å². The van der Waals surface area contributed by atoms with Gasteiger partial charge in [0.15, 0.2) is 16.8 Å². The zero-order valence-corrected chi connectivity index (χ0v) is 19.4. The number of thioether (sulfide) groups is 1. The molecule has 3 aromatic carbocycles. The lowest BCUT2D eigenvalue weighted by atomic mass is 10.1. The molecular formula is C26H20F2N4O2S. The fourth-order valence-corrected chi connectivity index (χ4v) is 4.68. The van der Waals surface area contributed by atoms with E-state index in [-0.39, 0.29) is 17.3 Å². The minimum Gasteiger partial charge on any atom is -0.435 e. The number of ether oxygens (including phenoxy) is 1. The van der Waals surface area contributed by atoms with Crippen molar-refractivity contribution in [1.82, 2.24) is 19.7 Å². The van der Waals surface area contributed by atoms with E-state index in [1.807, 2.05) is 66.2 Å². The number of carbonyl (C=O) groups is 1. The van der Waals surface area contributed by atoms with E-state index in [0.29, 0.717) is 16.5 Å². The molecule has 0 unspecified atom stereocenters. The average molecular weight is 491 g/mol. The molecule has 0 amide bonds. The molecule has 0 saturated carbocycles. The number of aromatic amines is 1. The Morgan fingerprint density at radius 2 is 1.86 bits per heavy atom. The molecular weight excluding hydrogens is 470 g/mol. The van der Waals surface area contributed by atoms with Gasteiger partial charge in [-0.15, -0.1) is 10.2 Å². The van der Waals surface area contributed by atoms with Crippen molar-refractivity contribution in [2.45, 2.75) is 18.7 Å². The van der Waals surface area contributed by atoms with Gasteiger partial charge in [0.25, 0.3) is 0 Å². The number of nitrogens with zero attached hydrogens (tertiary/aromatic N) is 3. The predicted molar refractivity (Wildman–Crippen MR) is 132 cm³/mol. The Bertz CT molecular complexity index is 1500. The number of rotatable bonds is 8. The topological polar surface area (TPSA) is 72.8 Å². The Kier molecular flexibility index (Phi) is 6.33. The van der Waals surface area contributed by atoms with Gasteiger partial charge in [0.2, 0.25) is 0 Å². The summed E-state index contributed by atoms with van der Waals surface area (Å²) < 4.78 is 31.0. The molecule has 0 spiro atoms. The maximum absolute atomic E-state index is 12.8. The lowest BCUT2D eigenvalue weighted by Crippen LogP contribution is -2.06. The largest absolute Gasteiger partial charge is 0.435 e. The second kappa shape index (κ2) is 9.71. The van der Waals surface area contributed by atoms with Crippen molar-refractivity contribution >= 4 is 28.4 Å². The number of H-pyrrole nitrogens is 1. The van der Waals surface area contributed by atoms with Crippen LogP contribution in [0.25, 0.3) is 28.0 Å². The molecule has 5 rings (SSSR count). The first-order chi connectivity index (χ1) is 17.0.